The third-order valence-electron chi connectivity index (χ3n) is 2.98. The first kappa shape index (κ1) is 11.9. The predicted molar refractivity (Wildman–Crippen MR) is 66.2 cm³/mol. The standard InChI is InChI=1S/C13H18N2O2/c1-9-4-5-11(17-3)10(6-9)12(16)15-7-13(2,14)8-15/h4-6H,7-8,14H2,1-3H3. The van der Waals surface area contributed by atoms with Crippen LogP contribution in [0.15, 0.2) is 18.2 Å². The Labute approximate surface area is 101 Å². The Morgan fingerprint density at radius 1 is 1.47 bits per heavy atom. The lowest BCUT2D eigenvalue weighted by atomic mass is 9.92. The van der Waals surface area contributed by atoms with Gasteiger partial charge in [-0.05, 0) is 26.0 Å². The zero-order valence-electron chi connectivity index (χ0n) is 10.5. The molecule has 0 saturated carbocycles. The second kappa shape index (κ2) is 4.04. The van der Waals surface area contributed by atoms with E-state index < -0.39 is 0 Å². The van der Waals surface area contributed by atoms with E-state index in [4.69, 9.17) is 10.5 Å². The number of methoxy groups -OCH3 is 1. The molecule has 1 saturated heterocycles. The molecule has 1 aromatic rings. The van der Waals surface area contributed by atoms with E-state index in [9.17, 15) is 4.79 Å². The fourth-order valence-electron chi connectivity index (χ4n) is 2.13. The monoisotopic (exact) mass is 234 g/mol. The molecule has 17 heavy (non-hydrogen) atoms. The fraction of sp³-hybridized carbons (Fsp3) is 0.462. The van der Waals surface area contributed by atoms with Gasteiger partial charge in [0.2, 0.25) is 0 Å². The summed E-state index contributed by atoms with van der Waals surface area (Å²) in [6.07, 6.45) is 0. The van der Waals surface area contributed by atoms with Gasteiger partial charge in [0.05, 0.1) is 12.7 Å². The van der Waals surface area contributed by atoms with E-state index in [1.165, 1.54) is 0 Å². The Balaban J connectivity index is 2.22. The van der Waals surface area contributed by atoms with Gasteiger partial charge in [-0.2, -0.15) is 0 Å². The maximum absolute atomic E-state index is 12.2. The molecule has 4 nitrogen and oxygen atoms in total. The van der Waals surface area contributed by atoms with Crippen LogP contribution in [-0.4, -0.2) is 36.5 Å². The molecule has 0 spiro atoms. The highest BCUT2D eigenvalue weighted by molar-refractivity contribution is 5.97. The van der Waals surface area contributed by atoms with Crippen LogP contribution in [0, 0.1) is 6.92 Å². The Hall–Kier alpha value is -1.55. The molecular weight excluding hydrogens is 216 g/mol. The number of hydrogen-bond donors (Lipinski definition) is 1. The zero-order chi connectivity index (χ0) is 12.6. The summed E-state index contributed by atoms with van der Waals surface area (Å²) in [6.45, 7) is 5.11. The van der Waals surface area contributed by atoms with E-state index in [1.54, 1.807) is 12.0 Å². The van der Waals surface area contributed by atoms with E-state index in [-0.39, 0.29) is 11.4 Å². The van der Waals surface area contributed by atoms with Crippen LogP contribution in [0.1, 0.15) is 22.8 Å². The van der Waals surface area contributed by atoms with Crippen molar-refractivity contribution >= 4 is 5.91 Å². The molecule has 1 heterocycles. The van der Waals surface area contributed by atoms with Crippen molar-refractivity contribution < 1.29 is 9.53 Å². The minimum absolute atomic E-state index is 0.00604. The summed E-state index contributed by atoms with van der Waals surface area (Å²) in [5.41, 5.74) is 7.32. The number of amides is 1. The van der Waals surface area contributed by atoms with Gasteiger partial charge in [-0.15, -0.1) is 0 Å². The van der Waals surface area contributed by atoms with Gasteiger partial charge in [0.25, 0.3) is 5.91 Å². The summed E-state index contributed by atoms with van der Waals surface area (Å²) in [6, 6.07) is 5.61. The van der Waals surface area contributed by atoms with E-state index in [0.29, 0.717) is 24.4 Å². The smallest absolute Gasteiger partial charge is 0.257 e. The lowest BCUT2D eigenvalue weighted by Crippen LogP contribution is -2.66. The van der Waals surface area contributed by atoms with Crippen molar-refractivity contribution in [2.75, 3.05) is 20.2 Å². The second-order valence-corrected chi connectivity index (χ2v) is 5.02. The molecule has 2 rings (SSSR count). The molecule has 2 N–H and O–H groups in total. The van der Waals surface area contributed by atoms with Crippen LogP contribution < -0.4 is 10.5 Å². The molecule has 0 aromatic heterocycles. The summed E-state index contributed by atoms with van der Waals surface area (Å²) in [4.78, 5) is 14.0. The van der Waals surface area contributed by atoms with Gasteiger partial charge in [0.1, 0.15) is 5.75 Å². The number of nitrogens with zero attached hydrogens (tertiary/aromatic N) is 1. The molecule has 1 amide bonds. The third-order valence-corrected chi connectivity index (χ3v) is 2.98. The van der Waals surface area contributed by atoms with E-state index in [2.05, 4.69) is 0 Å². The quantitative estimate of drug-likeness (QED) is 0.836. The van der Waals surface area contributed by atoms with Crippen LogP contribution in [0.5, 0.6) is 5.75 Å². The number of likely N-dealkylation sites (tertiary alicyclic amines) is 1. The third kappa shape index (κ3) is 2.26. The van der Waals surface area contributed by atoms with Gasteiger partial charge in [-0.1, -0.05) is 11.6 Å². The molecule has 4 heteroatoms. The summed E-state index contributed by atoms with van der Waals surface area (Å²) < 4.78 is 5.21. The molecule has 0 atom stereocenters. The number of nitrogens with two attached hydrogens (primary N) is 1. The molecule has 0 aliphatic carbocycles. The molecule has 0 bridgehead atoms. The highest BCUT2D eigenvalue weighted by Gasteiger charge is 2.38. The topological polar surface area (TPSA) is 55.6 Å². The molecule has 1 aliphatic heterocycles. The predicted octanol–water partition coefficient (Wildman–Crippen LogP) is 1.18. The Morgan fingerprint density at radius 2 is 2.12 bits per heavy atom. The van der Waals surface area contributed by atoms with Crippen molar-refractivity contribution in [3.05, 3.63) is 29.3 Å². The van der Waals surface area contributed by atoms with Gasteiger partial charge >= 0.3 is 0 Å². The maximum Gasteiger partial charge on any atom is 0.257 e. The highest BCUT2D eigenvalue weighted by atomic mass is 16.5. The first-order valence-corrected chi connectivity index (χ1v) is 5.66. The summed E-state index contributed by atoms with van der Waals surface area (Å²) in [5, 5.41) is 0. The van der Waals surface area contributed by atoms with E-state index in [0.717, 1.165) is 5.56 Å². The second-order valence-electron chi connectivity index (χ2n) is 5.02. The van der Waals surface area contributed by atoms with Crippen molar-refractivity contribution in [1.29, 1.82) is 0 Å². The van der Waals surface area contributed by atoms with Crippen molar-refractivity contribution in [2.45, 2.75) is 19.4 Å². The van der Waals surface area contributed by atoms with Gasteiger partial charge in [-0.3, -0.25) is 4.79 Å². The average Bonchev–Trinajstić information content (AvgIpc) is 2.24. The Kier molecular flexibility index (Phi) is 2.83. The van der Waals surface area contributed by atoms with Crippen LogP contribution in [-0.2, 0) is 0 Å². The molecule has 1 aliphatic rings. The minimum Gasteiger partial charge on any atom is -0.496 e. The Morgan fingerprint density at radius 3 is 2.65 bits per heavy atom. The lowest BCUT2D eigenvalue weighted by molar-refractivity contribution is 0.0450. The number of hydrogen-bond acceptors (Lipinski definition) is 3. The summed E-state index contributed by atoms with van der Waals surface area (Å²) >= 11 is 0. The number of rotatable bonds is 2. The van der Waals surface area contributed by atoms with Crippen LogP contribution >= 0.6 is 0 Å². The first-order chi connectivity index (χ1) is 7.93. The SMILES string of the molecule is COc1ccc(C)cc1C(=O)N1CC(C)(N)C1. The van der Waals surface area contributed by atoms with Gasteiger partial charge in [0, 0.05) is 18.6 Å². The van der Waals surface area contributed by atoms with Crippen LogP contribution in [0.4, 0.5) is 0 Å². The summed E-state index contributed by atoms with van der Waals surface area (Å²) in [7, 11) is 1.57. The number of benzene rings is 1. The van der Waals surface area contributed by atoms with Gasteiger partial charge < -0.3 is 15.4 Å². The minimum atomic E-state index is -0.243. The number of ether oxygens (including phenoxy) is 1. The lowest BCUT2D eigenvalue weighted by Gasteiger charge is -2.45. The highest BCUT2D eigenvalue weighted by Crippen LogP contribution is 2.25. The first-order valence-electron chi connectivity index (χ1n) is 5.66. The molecule has 0 radical (unpaired) electrons. The molecular formula is C13H18N2O2. The van der Waals surface area contributed by atoms with Crippen LogP contribution in [0.25, 0.3) is 0 Å². The van der Waals surface area contributed by atoms with Crippen LogP contribution in [0.3, 0.4) is 0 Å². The van der Waals surface area contributed by atoms with E-state index in [1.807, 2.05) is 32.0 Å². The largest absolute Gasteiger partial charge is 0.496 e. The van der Waals surface area contributed by atoms with Crippen molar-refractivity contribution in [3.63, 3.8) is 0 Å². The van der Waals surface area contributed by atoms with Crippen LogP contribution in [0.2, 0.25) is 0 Å². The maximum atomic E-state index is 12.2. The number of carbonyl (C=O) groups excluding carboxylic acids is 1. The number of carbonyl (C=O) groups is 1. The number of aryl methyl sites for hydroxylation is 1. The van der Waals surface area contributed by atoms with Gasteiger partial charge in [0.15, 0.2) is 0 Å². The molecule has 0 unspecified atom stereocenters. The van der Waals surface area contributed by atoms with Crippen molar-refractivity contribution in [3.8, 4) is 5.75 Å². The summed E-state index contributed by atoms with van der Waals surface area (Å²) in [5.74, 6) is 0.611. The molecule has 1 fully saturated rings. The fourth-order valence-corrected chi connectivity index (χ4v) is 2.13. The average molecular weight is 234 g/mol. The zero-order valence-corrected chi connectivity index (χ0v) is 10.5. The Bertz CT molecular complexity index is 447. The molecule has 92 valence electrons. The van der Waals surface area contributed by atoms with Gasteiger partial charge in [-0.25, -0.2) is 0 Å². The van der Waals surface area contributed by atoms with E-state index >= 15 is 0 Å². The van der Waals surface area contributed by atoms with Crippen molar-refractivity contribution in [1.82, 2.24) is 4.90 Å². The normalized spacial score (nSPS) is 17.5. The molecule has 1 aromatic carbocycles. The van der Waals surface area contributed by atoms with Crippen molar-refractivity contribution in [2.24, 2.45) is 5.73 Å².